The van der Waals surface area contributed by atoms with Crippen LogP contribution in [0.15, 0.2) is 55.8 Å². The third kappa shape index (κ3) is 5.13. The molecular weight excluding hydrogens is 506 g/mol. The second-order valence-corrected chi connectivity index (χ2v) is 9.50. The Kier molecular flexibility index (Phi) is 8.41. The average molecular weight is 540 g/mol. The normalized spacial score (nSPS) is 15.2. The zero-order valence-corrected chi connectivity index (χ0v) is 23.4. The van der Waals surface area contributed by atoms with Crippen LogP contribution in [0, 0.1) is 0 Å². The number of benzene rings is 1. The van der Waals surface area contributed by atoms with Gasteiger partial charge in [-0.05, 0) is 58.4 Å². The van der Waals surface area contributed by atoms with Crippen molar-refractivity contribution >= 4 is 29.3 Å². The highest BCUT2D eigenvalue weighted by molar-refractivity contribution is 7.07. The number of ether oxygens (including phenoxy) is 3. The smallest absolute Gasteiger partial charge is 0.338 e. The van der Waals surface area contributed by atoms with Crippen LogP contribution in [0.5, 0.6) is 11.5 Å². The molecule has 1 aliphatic heterocycles. The van der Waals surface area contributed by atoms with Crippen molar-refractivity contribution < 1.29 is 23.4 Å². The SMILES string of the molecule is CCOC(=O)C1=C(C)N=c2s/c(=C/c3ccc(N(CC)CC)o3)c(=O)n2[C@@H]1c1ccc(OC)c(OCC)c1. The molecule has 0 radical (unpaired) electrons. The lowest BCUT2D eigenvalue weighted by atomic mass is 9.95. The first-order valence-electron chi connectivity index (χ1n) is 12.7. The average Bonchev–Trinajstić information content (AvgIpc) is 3.48. The second kappa shape index (κ2) is 11.7. The van der Waals surface area contributed by atoms with Gasteiger partial charge in [-0.25, -0.2) is 9.79 Å². The molecule has 3 aromatic rings. The maximum Gasteiger partial charge on any atom is 0.338 e. The first kappa shape index (κ1) is 27.3. The van der Waals surface area contributed by atoms with Gasteiger partial charge < -0.3 is 23.5 Å². The van der Waals surface area contributed by atoms with Gasteiger partial charge in [-0.1, -0.05) is 17.4 Å². The van der Waals surface area contributed by atoms with Gasteiger partial charge >= 0.3 is 5.97 Å². The molecule has 10 heteroatoms. The van der Waals surface area contributed by atoms with Crippen LogP contribution in [-0.2, 0) is 9.53 Å². The Labute approximate surface area is 225 Å². The maximum atomic E-state index is 13.8. The lowest BCUT2D eigenvalue weighted by molar-refractivity contribution is -0.139. The molecule has 0 spiro atoms. The van der Waals surface area contributed by atoms with Crippen molar-refractivity contribution in [3.05, 3.63) is 72.6 Å². The van der Waals surface area contributed by atoms with Crippen LogP contribution in [0.4, 0.5) is 5.88 Å². The number of rotatable bonds is 10. The third-order valence-electron chi connectivity index (χ3n) is 6.28. The van der Waals surface area contributed by atoms with Gasteiger partial charge in [-0.15, -0.1) is 0 Å². The molecule has 1 atom stereocenters. The third-order valence-corrected chi connectivity index (χ3v) is 7.26. The molecule has 2 aromatic heterocycles. The van der Waals surface area contributed by atoms with Crippen molar-refractivity contribution in [2.45, 2.75) is 40.7 Å². The predicted octanol–water partition coefficient (Wildman–Crippen LogP) is 3.64. The minimum absolute atomic E-state index is 0.201. The lowest BCUT2D eigenvalue weighted by Crippen LogP contribution is -2.39. The first-order valence-corrected chi connectivity index (χ1v) is 13.5. The Morgan fingerprint density at radius 2 is 1.89 bits per heavy atom. The van der Waals surface area contributed by atoms with E-state index in [-0.39, 0.29) is 12.2 Å². The molecule has 0 aliphatic carbocycles. The van der Waals surface area contributed by atoms with Gasteiger partial charge in [0.25, 0.3) is 5.56 Å². The molecule has 9 nitrogen and oxygen atoms in total. The molecular formula is C28H33N3O6S. The summed E-state index contributed by atoms with van der Waals surface area (Å²) in [7, 11) is 1.56. The summed E-state index contributed by atoms with van der Waals surface area (Å²) in [5.74, 6) is 1.87. The molecule has 0 N–H and O–H groups in total. The topological polar surface area (TPSA) is 95.5 Å². The molecule has 0 amide bonds. The van der Waals surface area contributed by atoms with Gasteiger partial charge in [-0.2, -0.15) is 0 Å². The highest BCUT2D eigenvalue weighted by Crippen LogP contribution is 2.36. The van der Waals surface area contributed by atoms with E-state index < -0.39 is 12.0 Å². The van der Waals surface area contributed by atoms with Gasteiger partial charge in [0, 0.05) is 25.2 Å². The fourth-order valence-corrected chi connectivity index (χ4v) is 5.52. The molecule has 1 aliphatic rings. The number of anilines is 1. The van der Waals surface area contributed by atoms with Crippen LogP contribution < -0.4 is 29.3 Å². The summed E-state index contributed by atoms with van der Waals surface area (Å²) in [5.41, 5.74) is 1.21. The molecule has 202 valence electrons. The predicted molar refractivity (Wildman–Crippen MR) is 147 cm³/mol. The second-order valence-electron chi connectivity index (χ2n) is 8.49. The quantitative estimate of drug-likeness (QED) is 0.363. The number of furan rings is 1. The fraction of sp³-hybridized carbons (Fsp3) is 0.393. The minimum Gasteiger partial charge on any atom is -0.493 e. The Morgan fingerprint density at radius 1 is 1.13 bits per heavy atom. The van der Waals surface area contributed by atoms with E-state index in [9.17, 15) is 9.59 Å². The summed E-state index contributed by atoms with van der Waals surface area (Å²) in [6.07, 6.45) is 1.72. The van der Waals surface area contributed by atoms with Gasteiger partial charge in [0.1, 0.15) is 5.76 Å². The van der Waals surface area contributed by atoms with E-state index in [1.54, 1.807) is 43.7 Å². The molecule has 0 saturated heterocycles. The van der Waals surface area contributed by atoms with E-state index >= 15 is 0 Å². The van der Waals surface area contributed by atoms with E-state index in [4.69, 9.17) is 18.6 Å². The number of aromatic nitrogens is 1. The van der Waals surface area contributed by atoms with Gasteiger partial charge in [0.2, 0.25) is 0 Å². The number of carbonyl (C=O) groups excluding carboxylic acids is 1. The van der Waals surface area contributed by atoms with Crippen LogP contribution >= 0.6 is 11.3 Å². The molecule has 3 heterocycles. The maximum absolute atomic E-state index is 13.8. The van der Waals surface area contributed by atoms with Crippen molar-refractivity contribution in [2.24, 2.45) is 4.99 Å². The van der Waals surface area contributed by atoms with Crippen LogP contribution in [0.25, 0.3) is 6.08 Å². The zero-order chi connectivity index (χ0) is 27.4. The number of nitrogens with zero attached hydrogens (tertiary/aromatic N) is 3. The number of thiazole rings is 1. The summed E-state index contributed by atoms with van der Waals surface area (Å²) in [6.45, 7) is 11.8. The van der Waals surface area contributed by atoms with Crippen molar-refractivity contribution in [3.8, 4) is 11.5 Å². The molecule has 38 heavy (non-hydrogen) atoms. The van der Waals surface area contributed by atoms with Crippen LogP contribution in [-0.4, -0.2) is 43.9 Å². The number of hydrogen-bond acceptors (Lipinski definition) is 9. The Hall–Kier alpha value is -3.79. The molecule has 4 rings (SSSR count). The van der Waals surface area contributed by atoms with Crippen LogP contribution in [0.2, 0.25) is 0 Å². The fourth-order valence-electron chi connectivity index (χ4n) is 4.49. The monoisotopic (exact) mass is 539 g/mol. The molecule has 0 unspecified atom stereocenters. The minimum atomic E-state index is -0.750. The Bertz CT molecular complexity index is 1530. The van der Waals surface area contributed by atoms with E-state index in [0.717, 1.165) is 19.0 Å². The first-order chi connectivity index (χ1) is 18.4. The van der Waals surface area contributed by atoms with Crippen molar-refractivity contribution in [2.75, 3.05) is 38.3 Å². The number of esters is 1. The number of methoxy groups -OCH3 is 1. The van der Waals surface area contributed by atoms with Crippen LogP contribution in [0.3, 0.4) is 0 Å². The van der Waals surface area contributed by atoms with E-state index in [1.165, 1.54) is 11.3 Å². The summed E-state index contributed by atoms with van der Waals surface area (Å²) in [6, 6.07) is 8.38. The van der Waals surface area contributed by atoms with Gasteiger partial charge in [-0.3, -0.25) is 9.36 Å². The number of carbonyl (C=O) groups is 1. The molecule has 0 fully saturated rings. The summed E-state index contributed by atoms with van der Waals surface area (Å²) in [5, 5.41) is 0. The van der Waals surface area contributed by atoms with Crippen molar-refractivity contribution in [3.63, 3.8) is 0 Å². The van der Waals surface area contributed by atoms with Gasteiger partial charge in [0.05, 0.1) is 42.2 Å². The van der Waals surface area contributed by atoms with E-state index in [0.29, 0.717) is 50.0 Å². The van der Waals surface area contributed by atoms with Crippen molar-refractivity contribution in [1.82, 2.24) is 4.57 Å². The van der Waals surface area contributed by atoms with Crippen LogP contribution in [0.1, 0.15) is 52.0 Å². The molecule has 0 saturated carbocycles. The number of allylic oxidation sites excluding steroid dienone is 1. The highest BCUT2D eigenvalue weighted by Gasteiger charge is 2.34. The molecule has 1 aromatic carbocycles. The standard InChI is InChI=1S/C28H33N3O6S/c1-7-30(8-2)23-14-12-19(37-23)16-22-26(32)31-25(18-11-13-20(34-6)21(15-18)35-9-3)24(27(33)36-10-4)17(5)29-28(31)38-22/h11-16,25H,7-10H2,1-6H3/b22-16+/t25-/m1/s1. The van der Waals surface area contributed by atoms with Gasteiger partial charge in [0.15, 0.2) is 22.2 Å². The van der Waals surface area contributed by atoms with Crippen molar-refractivity contribution in [1.29, 1.82) is 0 Å². The van der Waals surface area contributed by atoms with E-state index in [1.807, 2.05) is 25.1 Å². The van der Waals surface area contributed by atoms with E-state index in [2.05, 4.69) is 23.7 Å². The summed E-state index contributed by atoms with van der Waals surface area (Å²) >= 11 is 1.25. The lowest BCUT2D eigenvalue weighted by Gasteiger charge is -2.25. The summed E-state index contributed by atoms with van der Waals surface area (Å²) in [4.78, 5) is 34.2. The largest absolute Gasteiger partial charge is 0.493 e. The molecule has 0 bridgehead atoms. The summed E-state index contributed by atoms with van der Waals surface area (Å²) < 4.78 is 24.6. The highest BCUT2D eigenvalue weighted by atomic mass is 32.1. The zero-order valence-electron chi connectivity index (χ0n) is 22.6. The number of hydrogen-bond donors (Lipinski definition) is 0. The Morgan fingerprint density at radius 3 is 2.55 bits per heavy atom. The Balaban J connectivity index is 1.90. The number of fused-ring (bicyclic) bond motifs is 1.